The van der Waals surface area contributed by atoms with Crippen molar-refractivity contribution in [3.8, 4) is 5.75 Å². The molecular weight excluding hydrogens is 304 g/mol. The second-order valence-electron chi connectivity index (χ2n) is 5.42. The van der Waals surface area contributed by atoms with E-state index in [1.807, 2.05) is 6.92 Å². The van der Waals surface area contributed by atoms with Crippen LogP contribution in [0.15, 0.2) is 48.5 Å². The fourth-order valence-corrected chi connectivity index (χ4v) is 2.18. The highest BCUT2D eigenvalue weighted by atomic mass is 16.5. The van der Waals surface area contributed by atoms with Gasteiger partial charge in [0.25, 0.3) is 5.91 Å². The van der Waals surface area contributed by atoms with Crippen LogP contribution < -0.4 is 15.4 Å². The van der Waals surface area contributed by atoms with Crippen molar-refractivity contribution in [1.82, 2.24) is 0 Å². The summed E-state index contributed by atoms with van der Waals surface area (Å²) in [7, 11) is 1.58. The van der Waals surface area contributed by atoms with Crippen LogP contribution in [0.1, 0.15) is 36.5 Å². The molecule has 0 aliphatic rings. The molecule has 5 heteroatoms. The van der Waals surface area contributed by atoms with E-state index in [0.29, 0.717) is 29.1 Å². The quantitative estimate of drug-likeness (QED) is 0.806. The Morgan fingerprint density at radius 1 is 1.00 bits per heavy atom. The lowest BCUT2D eigenvalue weighted by molar-refractivity contribution is -0.116. The summed E-state index contributed by atoms with van der Waals surface area (Å²) in [6, 6.07) is 14.0. The van der Waals surface area contributed by atoms with E-state index >= 15 is 0 Å². The molecule has 126 valence electrons. The van der Waals surface area contributed by atoms with Crippen molar-refractivity contribution in [2.24, 2.45) is 0 Å². The maximum atomic E-state index is 12.2. The molecule has 0 spiro atoms. The standard InChI is InChI=1S/C19H22N2O3/c1-3-4-8-18(22)20-15-6-5-7-16(13-15)21-19(23)14-9-11-17(24-2)12-10-14/h5-7,9-13H,3-4,8H2,1-2H3,(H,20,22)(H,21,23). The highest BCUT2D eigenvalue weighted by Gasteiger charge is 2.07. The Hall–Kier alpha value is -2.82. The molecule has 0 bridgehead atoms. The summed E-state index contributed by atoms with van der Waals surface area (Å²) in [5.74, 6) is 0.464. The van der Waals surface area contributed by atoms with Gasteiger partial charge in [-0.15, -0.1) is 0 Å². The summed E-state index contributed by atoms with van der Waals surface area (Å²) >= 11 is 0. The number of methoxy groups -OCH3 is 1. The summed E-state index contributed by atoms with van der Waals surface area (Å²) in [5.41, 5.74) is 1.83. The molecule has 0 heterocycles. The number of ether oxygens (including phenoxy) is 1. The highest BCUT2D eigenvalue weighted by Crippen LogP contribution is 2.18. The van der Waals surface area contributed by atoms with E-state index in [4.69, 9.17) is 4.74 Å². The van der Waals surface area contributed by atoms with Crippen molar-refractivity contribution in [3.63, 3.8) is 0 Å². The van der Waals surface area contributed by atoms with Crippen molar-refractivity contribution in [3.05, 3.63) is 54.1 Å². The number of unbranched alkanes of at least 4 members (excludes halogenated alkanes) is 1. The molecule has 0 radical (unpaired) electrons. The average Bonchev–Trinajstić information content (AvgIpc) is 2.60. The third kappa shape index (κ3) is 5.12. The summed E-state index contributed by atoms with van der Waals surface area (Å²) < 4.78 is 5.08. The lowest BCUT2D eigenvalue weighted by Gasteiger charge is -2.09. The monoisotopic (exact) mass is 326 g/mol. The van der Waals surface area contributed by atoms with Gasteiger partial charge >= 0.3 is 0 Å². The first-order chi connectivity index (χ1) is 11.6. The topological polar surface area (TPSA) is 67.4 Å². The zero-order chi connectivity index (χ0) is 17.4. The molecule has 0 aliphatic heterocycles. The van der Waals surface area contributed by atoms with E-state index in [2.05, 4.69) is 10.6 Å². The van der Waals surface area contributed by atoms with E-state index < -0.39 is 0 Å². The molecule has 2 rings (SSSR count). The van der Waals surface area contributed by atoms with Gasteiger partial charge in [0.2, 0.25) is 5.91 Å². The molecule has 0 saturated heterocycles. The second-order valence-corrected chi connectivity index (χ2v) is 5.42. The van der Waals surface area contributed by atoms with E-state index in [1.165, 1.54) is 0 Å². The molecule has 5 nitrogen and oxygen atoms in total. The van der Waals surface area contributed by atoms with Crippen LogP contribution in [0.4, 0.5) is 11.4 Å². The molecule has 0 fully saturated rings. The number of benzene rings is 2. The van der Waals surface area contributed by atoms with E-state index in [-0.39, 0.29) is 11.8 Å². The molecule has 24 heavy (non-hydrogen) atoms. The van der Waals surface area contributed by atoms with E-state index in [9.17, 15) is 9.59 Å². The van der Waals surface area contributed by atoms with Crippen molar-refractivity contribution >= 4 is 23.2 Å². The number of anilines is 2. The molecule has 0 aromatic heterocycles. The third-order valence-electron chi connectivity index (χ3n) is 3.51. The Kier molecular flexibility index (Phi) is 6.37. The Labute approximate surface area is 142 Å². The Bertz CT molecular complexity index is 696. The van der Waals surface area contributed by atoms with Gasteiger partial charge in [-0.1, -0.05) is 19.4 Å². The van der Waals surface area contributed by atoms with Crippen molar-refractivity contribution in [2.45, 2.75) is 26.2 Å². The average molecular weight is 326 g/mol. The maximum Gasteiger partial charge on any atom is 0.255 e. The zero-order valence-corrected chi connectivity index (χ0v) is 14.0. The van der Waals surface area contributed by atoms with Gasteiger partial charge < -0.3 is 15.4 Å². The Balaban J connectivity index is 2.00. The van der Waals surface area contributed by atoms with Gasteiger partial charge in [-0.25, -0.2) is 0 Å². The molecule has 0 saturated carbocycles. The van der Waals surface area contributed by atoms with Crippen LogP contribution in [0.2, 0.25) is 0 Å². The number of rotatable bonds is 7. The van der Waals surface area contributed by atoms with Crippen molar-refractivity contribution in [2.75, 3.05) is 17.7 Å². The number of nitrogens with one attached hydrogen (secondary N) is 2. The van der Waals surface area contributed by atoms with Gasteiger partial charge in [0.15, 0.2) is 0 Å². The van der Waals surface area contributed by atoms with Gasteiger partial charge in [0.05, 0.1) is 7.11 Å². The normalized spacial score (nSPS) is 10.1. The first-order valence-corrected chi connectivity index (χ1v) is 7.97. The minimum absolute atomic E-state index is 0.0181. The third-order valence-corrected chi connectivity index (χ3v) is 3.51. The second kappa shape index (κ2) is 8.72. The zero-order valence-electron chi connectivity index (χ0n) is 14.0. The molecule has 2 N–H and O–H groups in total. The lowest BCUT2D eigenvalue weighted by atomic mass is 10.2. The molecule has 0 aliphatic carbocycles. The molecular formula is C19H22N2O3. The molecule has 2 amide bonds. The van der Waals surface area contributed by atoms with Gasteiger partial charge in [-0.05, 0) is 48.9 Å². The van der Waals surface area contributed by atoms with Crippen molar-refractivity contribution < 1.29 is 14.3 Å². The number of hydrogen-bond acceptors (Lipinski definition) is 3. The van der Waals surface area contributed by atoms with Gasteiger partial charge in [-0.3, -0.25) is 9.59 Å². The predicted octanol–water partition coefficient (Wildman–Crippen LogP) is 4.08. The van der Waals surface area contributed by atoms with E-state index in [1.54, 1.807) is 55.6 Å². The Morgan fingerprint density at radius 2 is 1.67 bits per heavy atom. The minimum Gasteiger partial charge on any atom is -0.497 e. The summed E-state index contributed by atoms with van der Waals surface area (Å²) in [6.07, 6.45) is 2.34. The fraction of sp³-hybridized carbons (Fsp3) is 0.263. The van der Waals surface area contributed by atoms with Crippen LogP contribution in [0.25, 0.3) is 0 Å². The predicted molar refractivity (Wildman–Crippen MR) is 95.5 cm³/mol. The minimum atomic E-state index is -0.216. The number of carbonyl (C=O) groups is 2. The van der Waals surface area contributed by atoms with E-state index in [0.717, 1.165) is 12.8 Å². The fourth-order valence-electron chi connectivity index (χ4n) is 2.18. The summed E-state index contributed by atoms with van der Waals surface area (Å²) in [6.45, 7) is 2.04. The van der Waals surface area contributed by atoms with Crippen LogP contribution in [-0.2, 0) is 4.79 Å². The molecule has 2 aromatic carbocycles. The first kappa shape index (κ1) is 17.5. The first-order valence-electron chi connectivity index (χ1n) is 7.97. The van der Waals surface area contributed by atoms with Crippen molar-refractivity contribution in [1.29, 1.82) is 0 Å². The van der Waals surface area contributed by atoms with Crippen LogP contribution in [0.5, 0.6) is 5.75 Å². The SMILES string of the molecule is CCCCC(=O)Nc1cccc(NC(=O)c2ccc(OC)cc2)c1. The van der Waals surface area contributed by atoms with Gasteiger partial charge in [0.1, 0.15) is 5.75 Å². The van der Waals surface area contributed by atoms with Crippen LogP contribution in [0, 0.1) is 0 Å². The highest BCUT2D eigenvalue weighted by molar-refractivity contribution is 6.04. The molecule has 0 atom stereocenters. The van der Waals surface area contributed by atoms with Gasteiger partial charge in [-0.2, -0.15) is 0 Å². The Morgan fingerprint density at radius 3 is 2.29 bits per heavy atom. The van der Waals surface area contributed by atoms with Crippen LogP contribution in [-0.4, -0.2) is 18.9 Å². The van der Waals surface area contributed by atoms with Gasteiger partial charge in [0, 0.05) is 23.4 Å². The summed E-state index contributed by atoms with van der Waals surface area (Å²) in [5, 5.41) is 5.66. The lowest BCUT2D eigenvalue weighted by Crippen LogP contribution is -2.13. The smallest absolute Gasteiger partial charge is 0.255 e. The van der Waals surface area contributed by atoms with Crippen LogP contribution in [0.3, 0.4) is 0 Å². The maximum absolute atomic E-state index is 12.2. The van der Waals surface area contributed by atoms with Crippen LogP contribution >= 0.6 is 0 Å². The number of hydrogen-bond donors (Lipinski definition) is 2. The molecule has 2 aromatic rings. The largest absolute Gasteiger partial charge is 0.497 e. The molecule has 0 unspecified atom stereocenters. The summed E-state index contributed by atoms with van der Waals surface area (Å²) in [4.78, 5) is 24.0. The number of amides is 2. The number of carbonyl (C=O) groups excluding carboxylic acids is 2.